The molecule has 142 valence electrons. The molecule has 0 spiro atoms. The van der Waals surface area contributed by atoms with Crippen molar-refractivity contribution >= 4 is 6.09 Å². The molecule has 1 aliphatic rings. The lowest BCUT2D eigenvalue weighted by Crippen LogP contribution is -2.48. The molecule has 0 bridgehead atoms. The van der Waals surface area contributed by atoms with Crippen LogP contribution in [0.4, 0.5) is 4.79 Å². The van der Waals surface area contributed by atoms with Crippen LogP contribution < -0.4 is 0 Å². The molecule has 1 heterocycles. The normalized spacial score (nSPS) is 17.1. The van der Waals surface area contributed by atoms with Gasteiger partial charge in [-0.1, -0.05) is 60.7 Å². The van der Waals surface area contributed by atoms with Crippen LogP contribution in [0.1, 0.15) is 31.9 Å². The Bertz CT molecular complexity index is 778. The first-order valence-electron chi connectivity index (χ1n) is 9.33. The van der Waals surface area contributed by atoms with E-state index in [1.54, 1.807) is 11.2 Å². The van der Waals surface area contributed by atoms with E-state index in [4.69, 9.17) is 9.47 Å². The number of allylic oxidation sites excluding steroid dienone is 1. The average molecular weight is 365 g/mol. The number of nitrogens with zero attached hydrogens (tertiary/aromatic N) is 1. The molecule has 0 radical (unpaired) electrons. The Balaban J connectivity index is 1.86. The fourth-order valence-corrected chi connectivity index (χ4v) is 3.17. The maximum absolute atomic E-state index is 13.0. The minimum Gasteiger partial charge on any atom is -0.497 e. The first-order chi connectivity index (χ1) is 12.9. The summed E-state index contributed by atoms with van der Waals surface area (Å²) < 4.78 is 11.4. The van der Waals surface area contributed by atoms with E-state index in [0.717, 1.165) is 11.3 Å². The van der Waals surface area contributed by atoms with Crippen LogP contribution in [0.3, 0.4) is 0 Å². The summed E-state index contributed by atoms with van der Waals surface area (Å²) in [5.41, 5.74) is 2.56. The molecular weight excluding hydrogens is 338 g/mol. The maximum Gasteiger partial charge on any atom is 0.415 e. The van der Waals surface area contributed by atoms with E-state index < -0.39 is 5.60 Å². The van der Waals surface area contributed by atoms with E-state index in [1.807, 2.05) is 57.2 Å². The largest absolute Gasteiger partial charge is 0.497 e. The van der Waals surface area contributed by atoms with Crippen molar-refractivity contribution in [3.8, 4) is 0 Å². The minimum atomic E-state index is -0.551. The molecule has 0 N–H and O–H groups in total. The molecule has 3 rings (SSSR count). The van der Waals surface area contributed by atoms with Crippen LogP contribution in [-0.2, 0) is 22.3 Å². The molecule has 0 aromatic heterocycles. The summed E-state index contributed by atoms with van der Waals surface area (Å²) in [4.78, 5) is 14.8. The van der Waals surface area contributed by atoms with E-state index in [1.165, 1.54) is 5.56 Å². The van der Waals surface area contributed by atoms with Crippen molar-refractivity contribution in [1.82, 2.24) is 4.90 Å². The molecule has 0 fully saturated rings. The molecule has 1 aliphatic heterocycles. The molecule has 0 saturated carbocycles. The van der Waals surface area contributed by atoms with Crippen LogP contribution in [0.25, 0.3) is 0 Å². The van der Waals surface area contributed by atoms with Crippen molar-refractivity contribution in [3.63, 3.8) is 0 Å². The highest BCUT2D eigenvalue weighted by Crippen LogP contribution is 2.25. The van der Waals surface area contributed by atoms with E-state index in [-0.39, 0.29) is 12.1 Å². The molecular formula is C23H27NO3. The Hall–Kier alpha value is -2.75. The second kappa shape index (κ2) is 8.30. The van der Waals surface area contributed by atoms with Gasteiger partial charge in [0, 0.05) is 6.42 Å². The third-order valence-corrected chi connectivity index (χ3v) is 4.31. The molecule has 0 unspecified atom stereocenters. The van der Waals surface area contributed by atoms with Gasteiger partial charge in [0.1, 0.15) is 18.5 Å². The van der Waals surface area contributed by atoms with Crippen LogP contribution in [0.2, 0.25) is 0 Å². The van der Waals surface area contributed by atoms with Crippen molar-refractivity contribution < 1.29 is 14.3 Å². The lowest BCUT2D eigenvalue weighted by molar-refractivity contribution is 0.00879. The number of hydrogen-bond donors (Lipinski definition) is 0. The van der Waals surface area contributed by atoms with E-state index >= 15 is 0 Å². The number of carbonyl (C=O) groups is 1. The maximum atomic E-state index is 13.0. The third kappa shape index (κ3) is 5.36. The fraction of sp³-hybridized carbons (Fsp3) is 0.348. The highest BCUT2D eigenvalue weighted by Gasteiger charge is 2.34. The van der Waals surface area contributed by atoms with Gasteiger partial charge in [-0.25, -0.2) is 4.79 Å². The molecule has 0 saturated heterocycles. The smallest absolute Gasteiger partial charge is 0.415 e. The zero-order valence-corrected chi connectivity index (χ0v) is 16.2. The van der Waals surface area contributed by atoms with E-state index in [9.17, 15) is 4.79 Å². The van der Waals surface area contributed by atoms with Crippen molar-refractivity contribution in [2.75, 3.05) is 6.61 Å². The summed E-state index contributed by atoms with van der Waals surface area (Å²) >= 11 is 0. The quantitative estimate of drug-likeness (QED) is 0.769. The summed E-state index contributed by atoms with van der Waals surface area (Å²) in [6.07, 6.45) is 2.70. The first-order valence-corrected chi connectivity index (χ1v) is 9.33. The number of rotatable bonds is 4. The Kier molecular flexibility index (Phi) is 5.84. The molecule has 2 aromatic carbocycles. The van der Waals surface area contributed by atoms with Crippen LogP contribution in [0.15, 0.2) is 72.6 Å². The molecule has 4 heteroatoms. The predicted molar refractivity (Wildman–Crippen MR) is 106 cm³/mol. The van der Waals surface area contributed by atoms with Crippen molar-refractivity contribution in [3.05, 3.63) is 83.7 Å². The van der Waals surface area contributed by atoms with E-state index in [0.29, 0.717) is 19.4 Å². The van der Waals surface area contributed by atoms with Crippen LogP contribution >= 0.6 is 0 Å². The van der Waals surface area contributed by atoms with Gasteiger partial charge in [0.15, 0.2) is 0 Å². The highest BCUT2D eigenvalue weighted by atomic mass is 16.6. The SMILES string of the molecule is CC(C)(C)OC(=O)N1C(Cc2ccccc2)=COC[C@H]1Cc1ccccc1. The van der Waals surface area contributed by atoms with Crippen molar-refractivity contribution in [1.29, 1.82) is 0 Å². The average Bonchev–Trinajstić information content (AvgIpc) is 2.62. The van der Waals surface area contributed by atoms with Crippen molar-refractivity contribution in [2.24, 2.45) is 0 Å². The van der Waals surface area contributed by atoms with Gasteiger partial charge in [0.2, 0.25) is 0 Å². The molecule has 1 amide bonds. The molecule has 2 aromatic rings. The molecule has 1 atom stereocenters. The zero-order chi connectivity index (χ0) is 19.3. The number of hydrogen-bond acceptors (Lipinski definition) is 3. The number of benzene rings is 2. The van der Waals surface area contributed by atoms with Gasteiger partial charge in [-0.05, 0) is 38.3 Å². The number of ether oxygens (including phenoxy) is 2. The third-order valence-electron chi connectivity index (χ3n) is 4.31. The Morgan fingerprint density at radius 3 is 2.22 bits per heavy atom. The van der Waals surface area contributed by atoms with Gasteiger partial charge in [-0.15, -0.1) is 0 Å². The summed E-state index contributed by atoms with van der Waals surface area (Å²) in [6, 6.07) is 20.1. The summed E-state index contributed by atoms with van der Waals surface area (Å²) in [7, 11) is 0. The summed E-state index contributed by atoms with van der Waals surface area (Å²) in [5, 5.41) is 0. The van der Waals surface area contributed by atoms with Crippen LogP contribution in [0, 0.1) is 0 Å². The Labute approximate surface area is 161 Å². The van der Waals surface area contributed by atoms with E-state index in [2.05, 4.69) is 24.3 Å². The Morgan fingerprint density at radius 1 is 1.04 bits per heavy atom. The second-order valence-corrected chi connectivity index (χ2v) is 7.80. The van der Waals surface area contributed by atoms with Crippen LogP contribution in [0.5, 0.6) is 0 Å². The van der Waals surface area contributed by atoms with Crippen LogP contribution in [-0.4, -0.2) is 29.2 Å². The first kappa shape index (κ1) is 19.0. The van der Waals surface area contributed by atoms with Gasteiger partial charge in [0.25, 0.3) is 0 Å². The predicted octanol–water partition coefficient (Wildman–Crippen LogP) is 4.95. The number of amides is 1. The Morgan fingerprint density at radius 2 is 1.63 bits per heavy atom. The standard InChI is InChI=1S/C23H27NO3/c1-23(2,3)27-22(25)24-20(14-18-10-6-4-7-11-18)16-26-17-21(24)15-19-12-8-5-9-13-19/h4-13,16,21H,14-15,17H2,1-3H3/t21-/m1/s1. The fourth-order valence-electron chi connectivity index (χ4n) is 3.17. The van der Waals surface area contributed by atoms with Gasteiger partial charge >= 0.3 is 6.09 Å². The highest BCUT2D eigenvalue weighted by molar-refractivity contribution is 5.71. The molecule has 4 nitrogen and oxygen atoms in total. The van der Waals surface area contributed by atoms with Gasteiger partial charge in [-0.3, -0.25) is 4.90 Å². The number of carbonyl (C=O) groups excluding carboxylic acids is 1. The zero-order valence-electron chi connectivity index (χ0n) is 16.2. The lowest BCUT2D eigenvalue weighted by atomic mass is 10.0. The lowest BCUT2D eigenvalue weighted by Gasteiger charge is -2.37. The van der Waals surface area contributed by atoms with Crippen molar-refractivity contribution in [2.45, 2.75) is 45.3 Å². The molecule has 27 heavy (non-hydrogen) atoms. The summed E-state index contributed by atoms with van der Waals surface area (Å²) in [5.74, 6) is 0. The minimum absolute atomic E-state index is 0.106. The second-order valence-electron chi connectivity index (χ2n) is 7.80. The monoisotopic (exact) mass is 365 g/mol. The van der Waals surface area contributed by atoms with Gasteiger partial charge < -0.3 is 9.47 Å². The molecule has 0 aliphatic carbocycles. The summed E-state index contributed by atoms with van der Waals surface area (Å²) in [6.45, 7) is 6.11. The van der Waals surface area contributed by atoms with Gasteiger partial charge in [-0.2, -0.15) is 0 Å². The van der Waals surface area contributed by atoms with Gasteiger partial charge in [0.05, 0.1) is 11.7 Å². The topological polar surface area (TPSA) is 38.8 Å².